The van der Waals surface area contributed by atoms with Crippen molar-refractivity contribution >= 4 is 23.3 Å². The molecular weight excluding hydrogens is 372 g/mol. The molecule has 0 bridgehead atoms. The molecule has 0 saturated heterocycles. The number of rotatable bonds is 3. The van der Waals surface area contributed by atoms with Gasteiger partial charge in [0.2, 0.25) is 4.80 Å². The van der Waals surface area contributed by atoms with Crippen LogP contribution in [0.15, 0.2) is 101 Å². The van der Waals surface area contributed by atoms with Gasteiger partial charge in [-0.25, -0.2) is 18.1 Å². The molecule has 0 aliphatic carbocycles. The number of nitrogens with zero attached hydrogens (tertiary/aromatic N) is 3. The minimum atomic E-state index is -0.544. The fourth-order valence-corrected chi connectivity index (χ4v) is 3.63. The van der Waals surface area contributed by atoms with Crippen LogP contribution in [0, 0.1) is 0 Å². The highest BCUT2D eigenvalue weighted by atomic mass is 32.1. The lowest BCUT2D eigenvalue weighted by molar-refractivity contribution is 0.259. The van der Waals surface area contributed by atoms with Gasteiger partial charge >= 0.3 is 11.7 Å². The van der Waals surface area contributed by atoms with Gasteiger partial charge in [0, 0.05) is 5.69 Å². The SMILES string of the molecule is O=C(/N=c1\sn(-c2ccccc2)c(=O)n1-c1ccccc1)Nc1ccccc1. The van der Waals surface area contributed by atoms with Gasteiger partial charge in [-0.15, -0.1) is 0 Å². The molecule has 1 aromatic heterocycles. The molecule has 6 nitrogen and oxygen atoms in total. The van der Waals surface area contributed by atoms with Crippen molar-refractivity contribution in [2.24, 2.45) is 4.99 Å². The van der Waals surface area contributed by atoms with E-state index < -0.39 is 6.03 Å². The topological polar surface area (TPSA) is 68.4 Å². The molecule has 7 heteroatoms. The van der Waals surface area contributed by atoms with Gasteiger partial charge in [-0.1, -0.05) is 54.6 Å². The summed E-state index contributed by atoms with van der Waals surface area (Å²) >= 11 is 1.11. The third kappa shape index (κ3) is 3.70. The molecule has 1 N–H and O–H groups in total. The van der Waals surface area contributed by atoms with Crippen LogP contribution >= 0.6 is 11.5 Å². The molecule has 0 fully saturated rings. The van der Waals surface area contributed by atoms with Crippen molar-refractivity contribution < 1.29 is 4.79 Å². The zero-order valence-corrected chi connectivity index (χ0v) is 15.5. The summed E-state index contributed by atoms with van der Waals surface area (Å²) in [4.78, 5) is 29.9. The summed E-state index contributed by atoms with van der Waals surface area (Å²) in [6.45, 7) is 0. The molecule has 138 valence electrons. The van der Waals surface area contributed by atoms with Crippen LogP contribution in [0.2, 0.25) is 0 Å². The maximum Gasteiger partial charge on any atom is 0.349 e. The number of nitrogens with one attached hydrogen (secondary N) is 1. The quantitative estimate of drug-likeness (QED) is 0.580. The standard InChI is InChI=1S/C21H16N4O2S/c26-19(22-16-10-4-1-5-11-16)23-20-24(17-12-6-2-7-13-17)21(27)25(28-20)18-14-8-3-9-15-18/h1-15H,(H,22,26)/b23-20-. The van der Waals surface area contributed by atoms with Crippen molar-refractivity contribution in [1.29, 1.82) is 0 Å². The number of amides is 2. The van der Waals surface area contributed by atoms with Crippen LogP contribution in [0.5, 0.6) is 0 Å². The first-order valence-corrected chi connectivity index (χ1v) is 9.37. The predicted octanol–water partition coefficient (Wildman–Crippen LogP) is 3.82. The van der Waals surface area contributed by atoms with E-state index >= 15 is 0 Å². The van der Waals surface area contributed by atoms with Crippen molar-refractivity contribution in [3.8, 4) is 11.4 Å². The van der Waals surface area contributed by atoms with Gasteiger partial charge in [0.15, 0.2) is 0 Å². The van der Waals surface area contributed by atoms with Crippen molar-refractivity contribution in [1.82, 2.24) is 8.52 Å². The van der Waals surface area contributed by atoms with Gasteiger partial charge in [0.1, 0.15) is 0 Å². The lowest BCUT2D eigenvalue weighted by Gasteiger charge is -2.02. The van der Waals surface area contributed by atoms with Crippen LogP contribution < -0.4 is 15.8 Å². The first-order valence-electron chi connectivity index (χ1n) is 8.59. The third-order valence-corrected chi connectivity index (χ3v) is 4.94. The molecule has 4 rings (SSSR count). The molecule has 0 saturated carbocycles. The molecule has 0 unspecified atom stereocenters. The van der Waals surface area contributed by atoms with Gasteiger partial charge in [-0.05, 0) is 47.9 Å². The van der Waals surface area contributed by atoms with Gasteiger partial charge < -0.3 is 5.32 Å². The van der Waals surface area contributed by atoms with Crippen molar-refractivity contribution in [2.45, 2.75) is 0 Å². The molecule has 0 radical (unpaired) electrons. The van der Waals surface area contributed by atoms with Gasteiger partial charge in [-0.2, -0.15) is 4.99 Å². The second kappa shape index (κ2) is 7.89. The normalized spacial score (nSPS) is 11.4. The number of carbonyl (C=O) groups is 1. The summed E-state index contributed by atoms with van der Waals surface area (Å²) in [5.74, 6) is 0. The van der Waals surface area contributed by atoms with Gasteiger partial charge in [-0.3, -0.25) is 0 Å². The minimum absolute atomic E-state index is 0.284. The van der Waals surface area contributed by atoms with E-state index in [2.05, 4.69) is 10.3 Å². The molecule has 1 heterocycles. The Morgan fingerprint density at radius 3 is 1.93 bits per heavy atom. The Balaban J connectivity index is 1.84. The summed E-state index contributed by atoms with van der Waals surface area (Å²) in [6.07, 6.45) is 0. The number of aromatic nitrogens is 2. The summed E-state index contributed by atoms with van der Waals surface area (Å²) in [6, 6.07) is 26.9. The van der Waals surface area contributed by atoms with Crippen LogP contribution in [0.25, 0.3) is 11.4 Å². The van der Waals surface area contributed by atoms with Crippen LogP contribution in [-0.4, -0.2) is 14.6 Å². The Bertz CT molecular complexity index is 1210. The van der Waals surface area contributed by atoms with Crippen molar-refractivity contribution in [2.75, 3.05) is 5.32 Å². The second-order valence-corrected chi connectivity index (χ2v) is 6.78. The fourth-order valence-electron chi connectivity index (χ4n) is 2.69. The van der Waals surface area contributed by atoms with Gasteiger partial charge in [0.25, 0.3) is 0 Å². The molecule has 4 aromatic rings. The van der Waals surface area contributed by atoms with Crippen LogP contribution in [-0.2, 0) is 0 Å². The van der Waals surface area contributed by atoms with E-state index in [4.69, 9.17) is 0 Å². The molecule has 0 atom stereocenters. The lowest BCUT2D eigenvalue weighted by atomic mass is 10.3. The van der Waals surface area contributed by atoms with E-state index in [1.807, 2.05) is 66.7 Å². The molecule has 2 amide bonds. The van der Waals surface area contributed by atoms with Crippen molar-refractivity contribution in [3.63, 3.8) is 0 Å². The zero-order chi connectivity index (χ0) is 19.3. The Hall–Kier alpha value is -3.71. The third-order valence-electron chi connectivity index (χ3n) is 3.96. The average molecular weight is 388 g/mol. The largest absolute Gasteiger partial charge is 0.349 e. The summed E-state index contributed by atoms with van der Waals surface area (Å²) in [5, 5.41) is 2.71. The number of urea groups is 1. The maximum absolute atomic E-state index is 13.1. The van der Waals surface area contributed by atoms with E-state index in [0.29, 0.717) is 17.1 Å². The molecule has 28 heavy (non-hydrogen) atoms. The predicted molar refractivity (Wildman–Crippen MR) is 110 cm³/mol. The first-order chi connectivity index (χ1) is 13.7. The number of hydrogen-bond donors (Lipinski definition) is 1. The Labute approximate surface area is 164 Å². The Morgan fingerprint density at radius 2 is 1.32 bits per heavy atom. The number of carbonyl (C=O) groups excluding carboxylic acids is 1. The Morgan fingerprint density at radius 1 is 0.786 bits per heavy atom. The van der Waals surface area contributed by atoms with E-state index in [0.717, 1.165) is 11.5 Å². The second-order valence-electron chi connectivity index (χ2n) is 5.87. The minimum Gasteiger partial charge on any atom is -0.306 e. The molecular formula is C21H16N4O2S. The van der Waals surface area contributed by atoms with E-state index in [1.165, 1.54) is 8.52 Å². The average Bonchev–Trinajstić information content (AvgIpc) is 3.05. The molecule has 0 aliphatic rings. The lowest BCUT2D eigenvalue weighted by Crippen LogP contribution is -2.28. The smallest absolute Gasteiger partial charge is 0.306 e. The number of anilines is 1. The number of benzene rings is 3. The molecule has 0 spiro atoms. The summed E-state index contributed by atoms with van der Waals surface area (Å²) in [7, 11) is 0. The number of hydrogen-bond acceptors (Lipinski definition) is 3. The van der Waals surface area contributed by atoms with E-state index in [1.54, 1.807) is 24.3 Å². The molecule has 0 aliphatic heterocycles. The highest BCUT2D eigenvalue weighted by Crippen LogP contribution is 2.09. The zero-order valence-electron chi connectivity index (χ0n) is 14.7. The van der Waals surface area contributed by atoms with Crippen LogP contribution in [0.1, 0.15) is 0 Å². The highest BCUT2D eigenvalue weighted by molar-refractivity contribution is 7.03. The maximum atomic E-state index is 13.1. The van der Waals surface area contributed by atoms with E-state index in [9.17, 15) is 9.59 Å². The fraction of sp³-hybridized carbons (Fsp3) is 0. The highest BCUT2D eigenvalue weighted by Gasteiger charge is 2.13. The summed E-state index contributed by atoms with van der Waals surface area (Å²) in [5.41, 5.74) is 1.71. The Kier molecular flexibility index (Phi) is 4.99. The van der Waals surface area contributed by atoms with Gasteiger partial charge in [0.05, 0.1) is 11.4 Å². The first kappa shape index (κ1) is 17.7. The monoisotopic (exact) mass is 388 g/mol. The summed E-state index contributed by atoms with van der Waals surface area (Å²) < 4.78 is 2.95. The number of para-hydroxylation sites is 3. The molecule has 3 aromatic carbocycles. The van der Waals surface area contributed by atoms with Crippen LogP contribution in [0.3, 0.4) is 0 Å². The van der Waals surface area contributed by atoms with E-state index in [-0.39, 0.29) is 10.5 Å². The van der Waals surface area contributed by atoms with Crippen molar-refractivity contribution in [3.05, 3.63) is 106 Å². The van der Waals surface area contributed by atoms with Crippen LogP contribution in [0.4, 0.5) is 10.5 Å².